The summed E-state index contributed by atoms with van der Waals surface area (Å²) < 4.78 is 35.7. The van der Waals surface area contributed by atoms with Crippen molar-refractivity contribution in [3.05, 3.63) is 76.8 Å². The average Bonchev–Trinajstić information content (AvgIpc) is 2.65. The summed E-state index contributed by atoms with van der Waals surface area (Å²) in [6.45, 7) is 6.67. The summed E-state index contributed by atoms with van der Waals surface area (Å²) in [5.74, 6) is -1.000. The number of sulfone groups is 1. The smallest absolute Gasteiger partial charge is 0.412 e. The van der Waals surface area contributed by atoms with E-state index in [1.165, 1.54) is 12.1 Å². The van der Waals surface area contributed by atoms with E-state index in [9.17, 15) is 18.0 Å². The van der Waals surface area contributed by atoms with Gasteiger partial charge in [0.1, 0.15) is 17.9 Å². The van der Waals surface area contributed by atoms with Crippen molar-refractivity contribution in [3.63, 3.8) is 0 Å². The molecule has 0 aromatic heterocycles. The van der Waals surface area contributed by atoms with Crippen LogP contribution in [-0.4, -0.2) is 26.1 Å². The Morgan fingerprint density at radius 1 is 1.00 bits per heavy atom. The molecule has 0 spiro atoms. The Kier molecular flexibility index (Phi) is 7.39. The molecule has 2 rings (SSSR count). The van der Waals surface area contributed by atoms with Crippen molar-refractivity contribution in [2.45, 2.75) is 44.8 Å². The zero-order valence-electron chi connectivity index (χ0n) is 17.3. The van der Waals surface area contributed by atoms with Crippen LogP contribution in [0.2, 0.25) is 0 Å². The van der Waals surface area contributed by atoms with Crippen molar-refractivity contribution in [3.8, 4) is 0 Å². The fourth-order valence-electron chi connectivity index (χ4n) is 2.29. The Labute approximate surface area is 176 Å². The maximum absolute atomic E-state index is 12.7. The van der Waals surface area contributed by atoms with Crippen LogP contribution in [0.4, 0.5) is 4.79 Å². The lowest BCUT2D eigenvalue weighted by Gasteiger charge is -2.20. The maximum atomic E-state index is 12.7. The minimum atomic E-state index is -4.03. The molecule has 0 unspecified atom stereocenters. The van der Waals surface area contributed by atoms with Crippen molar-refractivity contribution in [2.75, 3.05) is 0 Å². The van der Waals surface area contributed by atoms with Gasteiger partial charge in [-0.1, -0.05) is 48.0 Å². The van der Waals surface area contributed by atoms with Crippen molar-refractivity contribution in [2.24, 2.45) is 0 Å². The second-order valence-corrected chi connectivity index (χ2v) is 9.38. The van der Waals surface area contributed by atoms with Gasteiger partial charge in [0.05, 0.1) is 10.3 Å². The van der Waals surface area contributed by atoms with Crippen LogP contribution >= 0.6 is 0 Å². The average molecular weight is 432 g/mol. The second-order valence-electron chi connectivity index (χ2n) is 7.58. The molecule has 0 radical (unpaired) electrons. The zero-order valence-corrected chi connectivity index (χ0v) is 18.2. The van der Waals surface area contributed by atoms with E-state index in [4.69, 9.17) is 9.47 Å². The minimum absolute atomic E-state index is 0.0209. The second kappa shape index (κ2) is 9.58. The number of amides is 1. The fraction of sp³-hybridized carbons (Fsp3) is 0.273. The summed E-state index contributed by atoms with van der Waals surface area (Å²) in [5.41, 5.74) is 0.218. The molecule has 160 valence electrons. The van der Waals surface area contributed by atoms with Crippen LogP contribution in [-0.2, 0) is 30.7 Å². The molecule has 0 fully saturated rings. The molecule has 0 heterocycles. The van der Waals surface area contributed by atoms with Crippen LogP contribution in [0, 0.1) is 6.92 Å². The molecule has 2 aromatic rings. The van der Waals surface area contributed by atoms with Gasteiger partial charge in [-0.3, -0.25) is 5.32 Å². The number of carbonyl (C=O) groups is 2. The summed E-state index contributed by atoms with van der Waals surface area (Å²) >= 11 is 0. The molecule has 0 aliphatic carbocycles. The maximum Gasteiger partial charge on any atom is 0.412 e. The van der Waals surface area contributed by atoms with Gasteiger partial charge >= 0.3 is 12.1 Å². The van der Waals surface area contributed by atoms with E-state index in [1.54, 1.807) is 57.2 Å². The molecule has 0 saturated heterocycles. The monoisotopic (exact) mass is 431 g/mol. The Hall–Kier alpha value is -3.13. The number of rotatable bonds is 6. The first-order chi connectivity index (χ1) is 14.0. The van der Waals surface area contributed by atoms with E-state index >= 15 is 0 Å². The number of hydrogen-bond acceptors (Lipinski definition) is 6. The van der Waals surface area contributed by atoms with Gasteiger partial charge in [-0.05, 0) is 45.4 Å². The van der Waals surface area contributed by atoms with E-state index in [0.29, 0.717) is 11.0 Å². The molecule has 0 atom stereocenters. The van der Waals surface area contributed by atoms with Crippen molar-refractivity contribution in [1.82, 2.24) is 5.32 Å². The Balaban J connectivity index is 2.29. The van der Waals surface area contributed by atoms with Crippen LogP contribution in [0.25, 0.3) is 0 Å². The SMILES string of the molecule is Cc1ccc(S(=O)(=O)/C=C(\NC(=O)OC(C)(C)C)C(=O)OCc2ccccc2)cc1. The third-order valence-corrected chi connectivity index (χ3v) is 5.17. The van der Waals surface area contributed by atoms with Crippen molar-refractivity contribution < 1.29 is 27.5 Å². The van der Waals surface area contributed by atoms with Gasteiger partial charge in [-0.25, -0.2) is 18.0 Å². The van der Waals surface area contributed by atoms with Crippen LogP contribution in [0.5, 0.6) is 0 Å². The van der Waals surface area contributed by atoms with Crippen LogP contribution in [0.15, 0.2) is 70.6 Å². The molecule has 0 saturated carbocycles. The van der Waals surface area contributed by atoms with E-state index in [1.807, 2.05) is 13.0 Å². The summed E-state index contributed by atoms with van der Waals surface area (Å²) in [7, 11) is -4.03. The summed E-state index contributed by atoms with van der Waals surface area (Å²) in [6, 6.07) is 15.0. The number of nitrogens with one attached hydrogen (secondary N) is 1. The topological polar surface area (TPSA) is 98.8 Å². The molecule has 2 aromatic carbocycles. The number of aryl methyl sites for hydroxylation is 1. The van der Waals surface area contributed by atoms with Gasteiger partial charge in [0.25, 0.3) is 0 Å². The molecule has 30 heavy (non-hydrogen) atoms. The molecular weight excluding hydrogens is 406 g/mol. The summed E-state index contributed by atoms with van der Waals surface area (Å²) in [4.78, 5) is 24.7. The highest BCUT2D eigenvalue weighted by Gasteiger charge is 2.23. The molecule has 0 bridgehead atoms. The molecule has 7 nitrogen and oxygen atoms in total. The quantitative estimate of drug-likeness (QED) is 0.551. The highest BCUT2D eigenvalue weighted by molar-refractivity contribution is 7.94. The summed E-state index contributed by atoms with van der Waals surface area (Å²) in [5, 5.41) is 2.87. The molecule has 8 heteroatoms. The lowest BCUT2D eigenvalue weighted by Crippen LogP contribution is -2.35. The lowest BCUT2D eigenvalue weighted by molar-refractivity contribution is -0.140. The van der Waals surface area contributed by atoms with Gasteiger partial charge in [-0.15, -0.1) is 0 Å². The van der Waals surface area contributed by atoms with Crippen LogP contribution in [0.3, 0.4) is 0 Å². The molecule has 1 amide bonds. The van der Waals surface area contributed by atoms with Gasteiger partial charge in [0.15, 0.2) is 0 Å². The normalized spacial score (nSPS) is 12.2. The number of carbonyl (C=O) groups excluding carboxylic acids is 2. The van der Waals surface area contributed by atoms with E-state index in [2.05, 4.69) is 5.32 Å². The standard InChI is InChI=1S/C22H25NO6S/c1-16-10-12-18(13-11-16)30(26,27)15-19(23-21(25)29-22(2,3)4)20(24)28-14-17-8-6-5-7-9-17/h5-13,15H,14H2,1-4H3,(H,23,25)/b19-15-. The minimum Gasteiger partial charge on any atom is -0.456 e. The third kappa shape index (κ3) is 7.36. The Bertz CT molecular complexity index is 1020. The Morgan fingerprint density at radius 2 is 1.60 bits per heavy atom. The summed E-state index contributed by atoms with van der Waals surface area (Å²) in [6.07, 6.45) is -0.968. The number of hydrogen-bond donors (Lipinski definition) is 1. The van der Waals surface area contributed by atoms with Gasteiger partial charge < -0.3 is 9.47 Å². The first-order valence-electron chi connectivity index (χ1n) is 9.21. The van der Waals surface area contributed by atoms with Crippen LogP contribution < -0.4 is 5.32 Å². The third-order valence-electron chi connectivity index (χ3n) is 3.69. The van der Waals surface area contributed by atoms with Gasteiger partial charge in [0, 0.05) is 0 Å². The van der Waals surface area contributed by atoms with Crippen LogP contribution in [0.1, 0.15) is 31.9 Å². The number of benzene rings is 2. The molecule has 0 aliphatic heterocycles. The van der Waals surface area contributed by atoms with E-state index < -0.39 is 33.2 Å². The van der Waals surface area contributed by atoms with Gasteiger partial charge in [-0.2, -0.15) is 0 Å². The fourth-order valence-corrected chi connectivity index (χ4v) is 3.41. The first-order valence-corrected chi connectivity index (χ1v) is 10.8. The lowest BCUT2D eigenvalue weighted by atomic mass is 10.2. The molecule has 0 aliphatic rings. The Morgan fingerprint density at radius 3 is 2.17 bits per heavy atom. The number of alkyl carbamates (subject to hydrolysis) is 1. The van der Waals surface area contributed by atoms with Crippen molar-refractivity contribution in [1.29, 1.82) is 0 Å². The predicted octanol–water partition coefficient (Wildman–Crippen LogP) is 3.88. The van der Waals surface area contributed by atoms with E-state index in [-0.39, 0.29) is 11.5 Å². The number of ether oxygens (including phenoxy) is 2. The molecule has 1 N–H and O–H groups in total. The number of esters is 1. The molecular formula is C22H25NO6S. The highest BCUT2D eigenvalue weighted by Crippen LogP contribution is 2.16. The zero-order chi connectivity index (χ0) is 22.4. The van der Waals surface area contributed by atoms with E-state index in [0.717, 1.165) is 5.56 Å². The van der Waals surface area contributed by atoms with Gasteiger partial charge in [0.2, 0.25) is 9.84 Å². The largest absolute Gasteiger partial charge is 0.456 e. The first kappa shape index (κ1) is 23.2. The predicted molar refractivity (Wildman–Crippen MR) is 112 cm³/mol. The van der Waals surface area contributed by atoms with Crippen molar-refractivity contribution >= 4 is 21.9 Å². The highest BCUT2D eigenvalue weighted by atomic mass is 32.2.